The lowest BCUT2D eigenvalue weighted by Crippen LogP contribution is -2.18. The molecule has 2 aromatic carbocycles. The maximum Gasteiger partial charge on any atom is 0.304 e. The molecule has 0 aliphatic carbocycles. The van der Waals surface area contributed by atoms with E-state index in [-0.39, 0.29) is 12.6 Å². The van der Waals surface area contributed by atoms with Crippen molar-refractivity contribution < 1.29 is 19.1 Å². The molecule has 0 heterocycles. The highest BCUT2D eigenvalue weighted by atomic mass is 16.7. The molecule has 21 heavy (non-hydrogen) atoms. The van der Waals surface area contributed by atoms with Crippen molar-refractivity contribution in [1.29, 1.82) is 0 Å². The molecule has 2 rings (SSSR count). The highest BCUT2D eigenvalue weighted by molar-refractivity contribution is 6.00. The van der Waals surface area contributed by atoms with Crippen LogP contribution in [0.1, 0.15) is 28.9 Å². The van der Waals surface area contributed by atoms with Crippen LogP contribution in [0, 0.1) is 0 Å². The lowest BCUT2D eigenvalue weighted by atomic mass is 10.00. The van der Waals surface area contributed by atoms with Crippen LogP contribution in [0.3, 0.4) is 0 Å². The van der Waals surface area contributed by atoms with Gasteiger partial charge in [-0.1, -0.05) is 60.7 Å². The zero-order chi connectivity index (χ0) is 15.1. The summed E-state index contributed by atoms with van der Waals surface area (Å²) in [7, 11) is 0. The molecule has 0 N–H and O–H groups in total. The molecule has 0 aromatic heterocycles. The van der Waals surface area contributed by atoms with Crippen LogP contribution in [0.15, 0.2) is 60.7 Å². The molecule has 4 heteroatoms. The third kappa shape index (κ3) is 4.26. The largest absolute Gasteiger partial charge is 0.439 e. The van der Waals surface area contributed by atoms with Crippen LogP contribution >= 0.6 is 0 Å². The van der Waals surface area contributed by atoms with Gasteiger partial charge in [-0.05, 0) is 5.56 Å². The Morgan fingerprint density at radius 1 is 0.952 bits per heavy atom. The first-order chi connectivity index (χ1) is 10.2. The van der Waals surface area contributed by atoms with Crippen molar-refractivity contribution in [3.8, 4) is 0 Å². The van der Waals surface area contributed by atoms with Gasteiger partial charge in [0, 0.05) is 12.5 Å². The number of esters is 1. The summed E-state index contributed by atoms with van der Waals surface area (Å²) in [6, 6.07) is 18.0. The summed E-state index contributed by atoms with van der Waals surface area (Å²) < 4.78 is 10.2. The molecule has 0 saturated carbocycles. The van der Waals surface area contributed by atoms with Crippen LogP contribution in [0.5, 0.6) is 0 Å². The van der Waals surface area contributed by atoms with Crippen LogP contribution in [-0.2, 0) is 14.3 Å². The van der Waals surface area contributed by atoms with Crippen molar-refractivity contribution in [2.75, 3.05) is 6.79 Å². The predicted octanol–water partition coefficient (Wildman–Crippen LogP) is 3.15. The lowest BCUT2D eigenvalue weighted by molar-refractivity contribution is -0.156. The second kappa shape index (κ2) is 7.36. The van der Waals surface area contributed by atoms with Gasteiger partial charge in [0.15, 0.2) is 12.6 Å². The molecule has 0 radical (unpaired) electrons. The van der Waals surface area contributed by atoms with Crippen molar-refractivity contribution in [3.05, 3.63) is 71.8 Å². The number of carbonyl (C=O) groups excluding carboxylic acids is 2. The SMILES string of the molecule is CC(=O)OCOC(C(=O)c1ccccc1)c1ccccc1. The number of ether oxygens (including phenoxy) is 2. The minimum absolute atomic E-state index is 0.172. The second-order valence-electron chi connectivity index (χ2n) is 4.44. The van der Waals surface area contributed by atoms with E-state index in [0.29, 0.717) is 5.56 Å². The van der Waals surface area contributed by atoms with Crippen molar-refractivity contribution >= 4 is 11.8 Å². The second-order valence-corrected chi connectivity index (χ2v) is 4.44. The number of benzene rings is 2. The van der Waals surface area contributed by atoms with Crippen LogP contribution in [0.2, 0.25) is 0 Å². The number of carbonyl (C=O) groups is 2. The summed E-state index contributed by atoms with van der Waals surface area (Å²) in [5.74, 6) is -0.622. The Balaban J connectivity index is 2.19. The van der Waals surface area contributed by atoms with Crippen LogP contribution in [0.4, 0.5) is 0 Å². The van der Waals surface area contributed by atoms with Crippen molar-refractivity contribution in [2.45, 2.75) is 13.0 Å². The first kappa shape index (κ1) is 14.9. The third-order valence-corrected chi connectivity index (χ3v) is 2.90. The maximum absolute atomic E-state index is 12.6. The fourth-order valence-electron chi connectivity index (χ4n) is 1.89. The Labute approximate surface area is 123 Å². The normalized spacial score (nSPS) is 11.7. The number of Topliss-reactive ketones (excluding diaryl/α,β-unsaturated/α-hetero) is 1. The Kier molecular flexibility index (Phi) is 5.23. The van der Waals surface area contributed by atoms with E-state index >= 15 is 0 Å². The lowest BCUT2D eigenvalue weighted by Gasteiger charge is -2.17. The van der Waals surface area contributed by atoms with Gasteiger partial charge in [0.2, 0.25) is 0 Å². The third-order valence-electron chi connectivity index (χ3n) is 2.90. The summed E-state index contributed by atoms with van der Waals surface area (Å²) >= 11 is 0. The van der Waals surface area contributed by atoms with E-state index in [1.165, 1.54) is 6.92 Å². The summed E-state index contributed by atoms with van der Waals surface area (Å²) in [4.78, 5) is 23.4. The fraction of sp³-hybridized carbons (Fsp3) is 0.176. The maximum atomic E-state index is 12.6. The van der Waals surface area contributed by atoms with Gasteiger partial charge in [-0.15, -0.1) is 0 Å². The molecule has 0 bridgehead atoms. The van der Waals surface area contributed by atoms with Crippen LogP contribution in [0.25, 0.3) is 0 Å². The molecule has 0 fully saturated rings. The predicted molar refractivity (Wildman–Crippen MR) is 77.7 cm³/mol. The van der Waals surface area contributed by atoms with Gasteiger partial charge in [-0.3, -0.25) is 9.59 Å². The zero-order valence-electron chi connectivity index (χ0n) is 11.7. The summed E-state index contributed by atoms with van der Waals surface area (Å²) in [5.41, 5.74) is 1.27. The Morgan fingerprint density at radius 2 is 1.52 bits per heavy atom. The average Bonchev–Trinajstić information content (AvgIpc) is 2.52. The number of hydrogen-bond donors (Lipinski definition) is 0. The molecule has 108 valence electrons. The molecule has 0 saturated heterocycles. The fourth-order valence-corrected chi connectivity index (χ4v) is 1.89. The van der Waals surface area contributed by atoms with Crippen LogP contribution in [-0.4, -0.2) is 18.5 Å². The molecule has 0 aliphatic heterocycles. The van der Waals surface area contributed by atoms with Gasteiger partial charge in [0.25, 0.3) is 0 Å². The van der Waals surface area contributed by atoms with E-state index in [2.05, 4.69) is 0 Å². The van der Waals surface area contributed by atoms with Gasteiger partial charge in [0.1, 0.15) is 6.10 Å². The Hall–Kier alpha value is -2.46. The average molecular weight is 284 g/mol. The van der Waals surface area contributed by atoms with Crippen molar-refractivity contribution in [3.63, 3.8) is 0 Å². The van der Waals surface area contributed by atoms with Gasteiger partial charge in [0.05, 0.1) is 0 Å². The molecular weight excluding hydrogens is 268 g/mol. The molecule has 4 nitrogen and oxygen atoms in total. The van der Waals surface area contributed by atoms with Gasteiger partial charge in [-0.2, -0.15) is 0 Å². The van der Waals surface area contributed by atoms with E-state index in [4.69, 9.17) is 9.47 Å². The molecular formula is C17H16O4. The monoisotopic (exact) mass is 284 g/mol. The van der Waals surface area contributed by atoms with E-state index < -0.39 is 12.1 Å². The van der Waals surface area contributed by atoms with Crippen molar-refractivity contribution in [2.24, 2.45) is 0 Å². The molecule has 0 amide bonds. The van der Waals surface area contributed by atoms with Crippen LogP contribution < -0.4 is 0 Å². The number of hydrogen-bond acceptors (Lipinski definition) is 4. The van der Waals surface area contributed by atoms with Gasteiger partial charge in [-0.25, -0.2) is 0 Å². The molecule has 2 aromatic rings. The Morgan fingerprint density at radius 3 is 2.10 bits per heavy atom. The molecule has 1 unspecified atom stereocenters. The van der Waals surface area contributed by atoms with Crippen molar-refractivity contribution in [1.82, 2.24) is 0 Å². The quantitative estimate of drug-likeness (QED) is 0.464. The van der Waals surface area contributed by atoms with E-state index in [9.17, 15) is 9.59 Å². The topological polar surface area (TPSA) is 52.6 Å². The minimum Gasteiger partial charge on any atom is -0.439 e. The summed E-state index contributed by atoms with van der Waals surface area (Å²) in [6.07, 6.45) is -0.798. The zero-order valence-corrected chi connectivity index (χ0v) is 11.7. The molecule has 0 spiro atoms. The van der Waals surface area contributed by atoms with Gasteiger partial charge < -0.3 is 9.47 Å². The first-order valence-corrected chi connectivity index (χ1v) is 6.57. The highest BCUT2D eigenvalue weighted by Gasteiger charge is 2.22. The smallest absolute Gasteiger partial charge is 0.304 e. The van der Waals surface area contributed by atoms with E-state index in [0.717, 1.165) is 5.56 Å². The Bertz CT molecular complexity index is 593. The standard InChI is InChI=1S/C17H16O4/c1-13(18)20-12-21-17(15-10-6-3-7-11-15)16(19)14-8-4-2-5-9-14/h2-11,17H,12H2,1H3. The first-order valence-electron chi connectivity index (χ1n) is 6.57. The summed E-state index contributed by atoms with van der Waals surface area (Å²) in [6.45, 7) is 1.04. The number of ketones is 1. The highest BCUT2D eigenvalue weighted by Crippen LogP contribution is 2.22. The number of rotatable bonds is 6. The summed E-state index contributed by atoms with van der Waals surface area (Å²) in [5, 5.41) is 0. The molecule has 0 aliphatic rings. The molecule has 1 atom stereocenters. The van der Waals surface area contributed by atoms with E-state index in [1.807, 2.05) is 24.3 Å². The minimum atomic E-state index is -0.798. The van der Waals surface area contributed by atoms with Gasteiger partial charge >= 0.3 is 5.97 Å². The van der Waals surface area contributed by atoms with E-state index in [1.54, 1.807) is 36.4 Å².